The Kier molecular flexibility index (Phi) is 7.20. The van der Waals surface area contributed by atoms with Gasteiger partial charge in [0, 0.05) is 70.4 Å². The predicted octanol–water partition coefficient (Wildman–Crippen LogP) is 1.12. The number of hydrogen-bond donors (Lipinski definition) is 1. The Morgan fingerprint density at radius 1 is 1.14 bits per heavy atom. The smallest absolute Gasteiger partial charge is 0.293 e. The first kappa shape index (κ1) is 21.9. The van der Waals surface area contributed by atoms with Gasteiger partial charge >= 0.3 is 0 Å². The number of benzene rings is 1. The van der Waals surface area contributed by atoms with E-state index in [0.717, 1.165) is 0 Å². The number of halogens is 1. The van der Waals surface area contributed by atoms with E-state index in [0.29, 0.717) is 57.1 Å². The highest BCUT2D eigenvalue weighted by Crippen LogP contribution is 2.30. The van der Waals surface area contributed by atoms with Gasteiger partial charge in [-0.2, -0.15) is 0 Å². The van der Waals surface area contributed by atoms with Crippen LogP contribution in [0.15, 0.2) is 18.2 Å². The molecule has 1 unspecified atom stereocenters. The van der Waals surface area contributed by atoms with E-state index in [1.807, 2.05) is 11.8 Å². The van der Waals surface area contributed by atoms with Crippen molar-refractivity contribution >= 4 is 35.6 Å². The van der Waals surface area contributed by atoms with Crippen LogP contribution >= 0.6 is 12.4 Å². The highest BCUT2D eigenvalue weighted by molar-refractivity contribution is 5.96. The Morgan fingerprint density at radius 3 is 2.39 bits per heavy atom. The van der Waals surface area contributed by atoms with E-state index < -0.39 is 4.92 Å². The van der Waals surface area contributed by atoms with E-state index in [-0.39, 0.29) is 36.0 Å². The standard InChI is InChI=1S/C18H25N5O4.ClH/c1-13-12-22(6-5-19-13)18(25)15-3-4-16(17(11-15)23(26)27)21-9-7-20(8-10-21)14(2)24;/h3-4,11,13,19H,5-10,12H2,1-2H3;1H. The van der Waals surface area contributed by atoms with Crippen LogP contribution in [0.3, 0.4) is 0 Å². The molecule has 9 nitrogen and oxygen atoms in total. The number of anilines is 1. The van der Waals surface area contributed by atoms with Gasteiger partial charge in [0.15, 0.2) is 0 Å². The lowest BCUT2D eigenvalue weighted by atomic mass is 10.1. The molecule has 0 aromatic heterocycles. The molecule has 2 aliphatic heterocycles. The Balaban J connectivity index is 0.00000280. The number of nitro benzene ring substituents is 1. The molecule has 0 saturated carbocycles. The van der Waals surface area contributed by atoms with Crippen molar-refractivity contribution in [2.24, 2.45) is 0 Å². The van der Waals surface area contributed by atoms with Gasteiger partial charge in [0.1, 0.15) is 5.69 Å². The molecule has 1 N–H and O–H groups in total. The third-order valence-electron chi connectivity index (χ3n) is 5.14. The van der Waals surface area contributed by atoms with Crippen LogP contribution in [0.5, 0.6) is 0 Å². The number of carbonyl (C=O) groups excluding carboxylic acids is 2. The number of nitrogens with one attached hydrogen (secondary N) is 1. The minimum absolute atomic E-state index is 0. The summed E-state index contributed by atoms with van der Waals surface area (Å²) in [5.41, 5.74) is 0.760. The predicted molar refractivity (Wildman–Crippen MR) is 108 cm³/mol. The fourth-order valence-electron chi connectivity index (χ4n) is 3.63. The first-order valence-electron chi connectivity index (χ1n) is 9.18. The van der Waals surface area contributed by atoms with Crippen LogP contribution in [-0.2, 0) is 4.79 Å². The Bertz CT molecular complexity index is 751. The summed E-state index contributed by atoms with van der Waals surface area (Å²) < 4.78 is 0. The van der Waals surface area contributed by atoms with Gasteiger partial charge in [-0.15, -0.1) is 12.4 Å². The Hall–Kier alpha value is -2.39. The zero-order valence-corrected chi connectivity index (χ0v) is 16.9. The number of piperazine rings is 2. The van der Waals surface area contributed by atoms with Crippen molar-refractivity contribution < 1.29 is 14.5 Å². The Labute approximate surface area is 170 Å². The molecule has 10 heteroatoms. The maximum absolute atomic E-state index is 12.7. The van der Waals surface area contributed by atoms with E-state index in [4.69, 9.17) is 0 Å². The average molecular weight is 412 g/mol. The van der Waals surface area contributed by atoms with Gasteiger partial charge in [-0.05, 0) is 19.1 Å². The zero-order chi connectivity index (χ0) is 19.6. The SMILES string of the molecule is CC(=O)N1CCN(c2ccc(C(=O)N3CCNC(C)C3)cc2[N+](=O)[O-])CC1.Cl. The summed E-state index contributed by atoms with van der Waals surface area (Å²) in [6.07, 6.45) is 0. The molecule has 2 fully saturated rings. The highest BCUT2D eigenvalue weighted by Gasteiger charge is 2.28. The summed E-state index contributed by atoms with van der Waals surface area (Å²) in [6, 6.07) is 4.89. The minimum atomic E-state index is -0.441. The van der Waals surface area contributed by atoms with Crippen molar-refractivity contribution in [2.75, 3.05) is 50.7 Å². The normalized spacial score (nSPS) is 19.8. The Morgan fingerprint density at radius 2 is 1.82 bits per heavy atom. The van der Waals surface area contributed by atoms with Crippen molar-refractivity contribution in [1.29, 1.82) is 0 Å². The van der Waals surface area contributed by atoms with Crippen molar-refractivity contribution in [3.8, 4) is 0 Å². The van der Waals surface area contributed by atoms with Gasteiger partial charge in [-0.1, -0.05) is 0 Å². The maximum Gasteiger partial charge on any atom is 0.293 e. The zero-order valence-electron chi connectivity index (χ0n) is 16.1. The van der Waals surface area contributed by atoms with E-state index in [2.05, 4.69) is 5.32 Å². The third kappa shape index (κ3) is 4.71. The van der Waals surface area contributed by atoms with Crippen LogP contribution in [0.2, 0.25) is 0 Å². The summed E-state index contributed by atoms with van der Waals surface area (Å²) in [4.78, 5) is 40.7. The molecule has 2 saturated heterocycles. The fraction of sp³-hybridized carbons (Fsp3) is 0.556. The van der Waals surface area contributed by atoms with Crippen LogP contribution in [0.4, 0.5) is 11.4 Å². The van der Waals surface area contributed by atoms with Crippen LogP contribution in [0.1, 0.15) is 24.2 Å². The summed E-state index contributed by atoms with van der Waals surface area (Å²) in [7, 11) is 0. The summed E-state index contributed by atoms with van der Waals surface area (Å²) in [5, 5.41) is 14.9. The molecule has 2 aliphatic rings. The van der Waals surface area contributed by atoms with Crippen LogP contribution in [0.25, 0.3) is 0 Å². The van der Waals surface area contributed by atoms with Crippen molar-refractivity contribution in [2.45, 2.75) is 19.9 Å². The van der Waals surface area contributed by atoms with Gasteiger partial charge in [-0.25, -0.2) is 0 Å². The minimum Gasteiger partial charge on any atom is -0.362 e. The van der Waals surface area contributed by atoms with Crippen LogP contribution in [-0.4, -0.2) is 78.4 Å². The van der Waals surface area contributed by atoms with Crippen LogP contribution < -0.4 is 10.2 Å². The monoisotopic (exact) mass is 411 g/mol. The number of amides is 2. The molecule has 0 spiro atoms. The van der Waals surface area contributed by atoms with Gasteiger partial charge in [0.25, 0.3) is 11.6 Å². The molecule has 154 valence electrons. The topological polar surface area (TPSA) is 99.0 Å². The number of rotatable bonds is 3. The van der Waals surface area contributed by atoms with Gasteiger partial charge in [-0.3, -0.25) is 19.7 Å². The van der Waals surface area contributed by atoms with Crippen molar-refractivity contribution in [1.82, 2.24) is 15.1 Å². The maximum atomic E-state index is 12.7. The second-order valence-electron chi connectivity index (χ2n) is 7.06. The van der Waals surface area contributed by atoms with Gasteiger partial charge < -0.3 is 20.0 Å². The lowest BCUT2D eigenvalue weighted by Crippen LogP contribution is -2.51. The molecule has 0 bridgehead atoms. The number of nitrogens with zero attached hydrogens (tertiary/aromatic N) is 4. The molecule has 2 amide bonds. The highest BCUT2D eigenvalue weighted by atomic mass is 35.5. The van der Waals surface area contributed by atoms with Gasteiger partial charge in [0.2, 0.25) is 5.91 Å². The molecule has 28 heavy (non-hydrogen) atoms. The number of nitro groups is 1. The molecule has 0 aliphatic carbocycles. The largest absolute Gasteiger partial charge is 0.362 e. The first-order chi connectivity index (χ1) is 12.9. The third-order valence-corrected chi connectivity index (χ3v) is 5.14. The molecule has 3 rings (SSSR count). The molecular weight excluding hydrogens is 386 g/mol. The average Bonchev–Trinajstić information content (AvgIpc) is 2.67. The lowest BCUT2D eigenvalue weighted by molar-refractivity contribution is -0.384. The molecule has 2 heterocycles. The van der Waals surface area contributed by atoms with E-state index in [1.54, 1.807) is 21.9 Å². The van der Waals surface area contributed by atoms with Crippen molar-refractivity contribution in [3.05, 3.63) is 33.9 Å². The molecule has 0 radical (unpaired) electrons. The lowest BCUT2D eigenvalue weighted by Gasteiger charge is -2.35. The molecule has 1 atom stereocenters. The second-order valence-corrected chi connectivity index (χ2v) is 7.06. The molecule has 1 aromatic carbocycles. The van der Waals surface area contributed by atoms with E-state index in [1.165, 1.54) is 13.0 Å². The number of hydrogen-bond acceptors (Lipinski definition) is 6. The van der Waals surface area contributed by atoms with E-state index in [9.17, 15) is 19.7 Å². The quantitative estimate of drug-likeness (QED) is 0.591. The fourth-order valence-corrected chi connectivity index (χ4v) is 3.63. The molecule has 1 aromatic rings. The number of carbonyl (C=O) groups is 2. The van der Waals surface area contributed by atoms with Gasteiger partial charge in [0.05, 0.1) is 4.92 Å². The van der Waals surface area contributed by atoms with E-state index >= 15 is 0 Å². The first-order valence-corrected chi connectivity index (χ1v) is 9.18. The summed E-state index contributed by atoms with van der Waals surface area (Å²) >= 11 is 0. The second kappa shape index (κ2) is 9.20. The van der Waals surface area contributed by atoms with Crippen molar-refractivity contribution in [3.63, 3.8) is 0 Å². The van der Waals surface area contributed by atoms with Crippen LogP contribution in [0, 0.1) is 10.1 Å². The summed E-state index contributed by atoms with van der Waals surface area (Å²) in [6.45, 7) is 7.55. The molecular formula is C18H26ClN5O4. The summed E-state index contributed by atoms with van der Waals surface area (Å²) in [5.74, 6) is -0.172.